The second kappa shape index (κ2) is 1.93. The lowest BCUT2D eigenvalue weighted by atomic mass is 10.4. The first-order valence-corrected chi connectivity index (χ1v) is 3.22. The van der Waals surface area contributed by atoms with Gasteiger partial charge in [0.2, 0.25) is 0 Å². The summed E-state index contributed by atoms with van der Waals surface area (Å²) in [7, 11) is 0. The van der Waals surface area contributed by atoms with Gasteiger partial charge in [-0.2, -0.15) is 0 Å². The lowest BCUT2D eigenvalue weighted by Crippen LogP contribution is -2.39. The average molecular weight is 151 g/mol. The van der Waals surface area contributed by atoms with Gasteiger partial charge in [-0.1, -0.05) is 0 Å². The van der Waals surface area contributed by atoms with E-state index < -0.39 is 0 Å². The lowest BCUT2D eigenvalue weighted by molar-refractivity contribution is 0.135. The van der Waals surface area contributed by atoms with Gasteiger partial charge < -0.3 is 11.1 Å². The Balaban J connectivity index is 2.30. The summed E-state index contributed by atoms with van der Waals surface area (Å²) >= 11 is 0. The number of fused-ring (bicyclic) bond motifs is 1. The van der Waals surface area contributed by atoms with Crippen LogP contribution in [0.4, 0.5) is 0 Å². The van der Waals surface area contributed by atoms with Gasteiger partial charge in [0.25, 0.3) is 0 Å². The molecule has 0 amide bonds. The van der Waals surface area contributed by atoms with Crippen LogP contribution in [0.3, 0.4) is 0 Å². The van der Waals surface area contributed by atoms with Crippen molar-refractivity contribution in [3.05, 3.63) is 36.2 Å². The number of hydrazine groups is 2. The first-order chi connectivity index (χ1) is 5.27. The minimum absolute atomic E-state index is 0.577. The molecule has 2 aliphatic rings. The number of nitrogens with zero attached hydrogens (tertiary/aromatic N) is 2. The van der Waals surface area contributed by atoms with Crippen LogP contribution in [0.15, 0.2) is 36.2 Å². The number of nitrogens with two attached hydrogens (primary N) is 2. The topological polar surface area (TPSA) is 70.5 Å². The third-order valence-electron chi connectivity index (χ3n) is 1.56. The minimum atomic E-state index is 0.577. The molecule has 5 nitrogen and oxygen atoms in total. The highest BCUT2D eigenvalue weighted by molar-refractivity contribution is 5.27. The fourth-order valence-corrected chi connectivity index (χ4v) is 1.02. The van der Waals surface area contributed by atoms with E-state index in [1.165, 1.54) is 5.12 Å². The standard InChI is InChI=1S/C6H9N5/c7-6-4-10-5(3-9-6)1-2-11(10)8/h1-4,9H,7-8H2. The highest BCUT2D eigenvalue weighted by Gasteiger charge is 2.17. The van der Waals surface area contributed by atoms with Crippen LogP contribution in [-0.2, 0) is 0 Å². The van der Waals surface area contributed by atoms with Crippen LogP contribution in [0.5, 0.6) is 0 Å². The maximum absolute atomic E-state index is 5.56. The van der Waals surface area contributed by atoms with E-state index in [1.807, 2.05) is 6.08 Å². The Morgan fingerprint density at radius 3 is 3.09 bits per heavy atom. The Hall–Kier alpha value is -1.62. The molecule has 0 aliphatic carbocycles. The summed E-state index contributed by atoms with van der Waals surface area (Å²) in [5, 5.41) is 6.08. The van der Waals surface area contributed by atoms with Gasteiger partial charge >= 0.3 is 0 Å². The summed E-state index contributed by atoms with van der Waals surface area (Å²) < 4.78 is 0. The van der Waals surface area contributed by atoms with Crippen LogP contribution in [-0.4, -0.2) is 10.1 Å². The zero-order chi connectivity index (χ0) is 7.84. The molecule has 0 unspecified atom stereocenters. The summed E-state index contributed by atoms with van der Waals surface area (Å²) in [5.41, 5.74) is 6.48. The fraction of sp³-hybridized carbons (Fsp3) is 0. The van der Waals surface area contributed by atoms with Gasteiger partial charge in [-0.05, 0) is 6.08 Å². The predicted octanol–water partition coefficient (Wildman–Crippen LogP) is -0.891. The van der Waals surface area contributed by atoms with Gasteiger partial charge in [-0.25, -0.2) is 16.0 Å². The molecule has 0 bridgehead atoms. The first-order valence-electron chi connectivity index (χ1n) is 3.22. The molecule has 2 heterocycles. The largest absolute Gasteiger partial charge is 0.384 e. The smallest absolute Gasteiger partial charge is 0.119 e. The summed E-state index contributed by atoms with van der Waals surface area (Å²) in [4.78, 5) is 0. The molecule has 0 radical (unpaired) electrons. The van der Waals surface area contributed by atoms with Crippen molar-refractivity contribution in [2.45, 2.75) is 0 Å². The number of allylic oxidation sites excluding steroid dienone is 1. The molecule has 0 saturated heterocycles. The molecule has 5 heteroatoms. The number of nitrogens with one attached hydrogen (secondary N) is 1. The molecule has 0 atom stereocenters. The Kier molecular flexibility index (Phi) is 1.07. The summed E-state index contributed by atoms with van der Waals surface area (Å²) in [6.07, 6.45) is 7.15. The number of rotatable bonds is 0. The van der Waals surface area contributed by atoms with E-state index in [1.54, 1.807) is 23.6 Å². The van der Waals surface area contributed by atoms with E-state index in [2.05, 4.69) is 5.32 Å². The average Bonchev–Trinajstić information content (AvgIpc) is 2.33. The molecular weight excluding hydrogens is 142 g/mol. The molecule has 0 aromatic heterocycles. The second-order valence-electron chi connectivity index (χ2n) is 2.34. The third kappa shape index (κ3) is 0.821. The zero-order valence-electron chi connectivity index (χ0n) is 5.86. The third-order valence-corrected chi connectivity index (χ3v) is 1.56. The van der Waals surface area contributed by atoms with Crippen molar-refractivity contribution in [1.82, 2.24) is 15.4 Å². The van der Waals surface area contributed by atoms with Gasteiger partial charge in [0.15, 0.2) is 0 Å². The number of hydrogen-bond donors (Lipinski definition) is 3. The summed E-state index contributed by atoms with van der Waals surface area (Å²) in [6, 6.07) is 0. The van der Waals surface area contributed by atoms with Crippen molar-refractivity contribution in [2.75, 3.05) is 0 Å². The van der Waals surface area contributed by atoms with Crippen molar-refractivity contribution in [1.29, 1.82) is 0 Å². The molecule has 0 aromatic rings. The number of hydrogen-bond acceptors (Lipinski definition) is 5. The monoisotopic (exact) mass is 151 g/mol. The van der Waals surface area contributed by atoms with Crippen molar-refractivity contribution < 1.29 is 0 Å². The molecule has 0 aromatic carbocycles. The Morgan fingerprint density at radius 2 is 2.27 bits per heavy atom. The SMILES string of the molecule is NC1=CN2C(=CN1)C=CN2N. The van der Waals surface area contributed by atoms with Gasteiger partial charge in [0, 0.05) is 12.4 Å². The van der Waals surface area contributed by atoms with Gasteiger partial charge in [-0.15, -0.1) is 0 Å². The van der Waals surface area contributed by atoms with Crippen LogP contribution >= 0.6 is 0 Å². The first kappa shape index (κ1) is 6.11. The van der Waals surface area contributed by atoms with Crippen molar-refractivity contribution in [2.24, 2.45) is 11.6 Å². The van der Waals surface area contributed by atoms with E-state index in [-0.39, 0.29) is 0 Å². The van der Waals surface area contributed by atoms with Crippen LogP contribution in [0.25, 0.3) is 0 Å². The minimum Gasteiger partial charge on any atom is -0.384 e. The molecule has 58 valence electrons. The van der Waals surface area contributed by atoms with Crippen molar-refractivity contribution in [3.63, 3.8) is 0 Å². The molecule has 2 aliphatic heterocycles. The molecular formula is C6H9N5. The Bertz CT molecular complexity index is 264. The zero-order valence-corrected chi connectivity index (χ0v) is 5.86. The fourth-order valence-electron chi connectivity index (χ4n) is 1.02. The highest BCUT2D eigenvalue weighted by atomic mass is 15.8. The molecule has 2 rings (SSSR count). The summed E-state index contributed by atoms with van der Waals surface area (Å²) in [5.74, 6) is 6.13. The van der Waals surface area contributed by atoms with E-state index in [0.29, 0.717) is 5.82 Å². The molecule has 5 N–H and O–H groups in total. The molecule has 0 spiro atoms. The Labute approximate surface area is 64.2 Å². The molecule has 11 heavy (non-hydrogen) atoms. The lowest BCUT2D eigenvalue weighted by Gasteiger charge is -2.26. The van der Waals surface area contributed by atoms with Crippen molar-refractivity contribution >= 4 is 0 Å². The predicted molar refractivity (Wildman–Crippen MR) is 40.5 cm³/mol. The van der Waals surface area contributed by atoms with Crippen LogP contribution in [0.2, 0.25) is 0 Å². The quantitative estimate of drug-likeness (QED) is 0.392. The van der Waals surface area contributed by atoms with E-state index >= 15 is 0 Å². The molecule has 0 saturated carbocycles. The van der Waals surface area contributed by atoms with Crippen LogP contribution in [0, 0.1) is 0 Å². The van der Waals surface area contributed by atoms with Crippen LogP contribution in [0.1, 0.15) is 0 Å². The second-order valence-corrected chi connectivity index (χ2v) is 2.34. The van der Waals surface area contributed by atoms with E-state index in [0.717, 1.165) is 5.70 Å². The van der Waals surface area contributed by atoms with Crippen molar-refractivity contribution in [3.8, 4) is 0 Å². The maximum Gasteiger partial charge on any atom is 0.119 e. The van der Waals surface area contributed by atoms with Gasteiger partial charge in [0.05, 0.1) is 11.9 Å². The molecule has 0 fully saturated rings. The Morgan fingerprint density at radius 1 is 1.45 bits per heavy atom. The summed E-state index contributed by atoms with van der Waals surface area (Å²) in [6.45, 7) is 0. The van der Waals surface area contributed by atoms with Gasteiger partial charge in [-0.3, -0.25) is 0 Å². The van der Waals surface area contributed by atoms with E-state index in [4.69, 9.17) is 11.6 Å². The maximum atomic E-state index is 5.56. The normalized spacial score (nSPS) is 20.8. The van der Waals surface area contributed by atoms with Gasteiger partial charge in [0.1, 0.15) is 5.82 Å². The van der Waals surface area contributed by atoms with E-state index in [9.17, 15) is 0 Å². The highest BCUT2D eigenvalue weighted by Crippen LogP contribution is 2.17. The van der Waals surface area contributed by atoms with Crippen LogP contribution < -0.4 is 16.9 Å².